The maximum absolute atomic E-state index is 13.6. The number of nitrogens with zero attached hydrogens (tertiary/aromatic N) is 1. The molecular formula is C27H33ClN2O3. The largest absolute Gasteiger partial charge is 0.490 e. The number of nitrogens with one attached hydrogen (secondary N) is 1. The number of ether oxygens (including phenoxy) is 1. The minimum atomic E-state index is -0.625. The Balaban J connectivity index is 1.63. The highest BCUT2D eigenvalue weighted by Crippen LogP contribution is 2.43. The molecule has 0 aromatic heterocycles. The van der Waals surface area contributed by atoms with Crippen LogP contribution in [0.2, 0.25) is 5.02 Å². The smallest absolute Gasteiger partial charge is 0.236 e. The predicted octanol–water partition coefficient (Wildman–Crippen LogP) is 6.20. The van der Waals surface area contributed by atoms with Crippen molar-refractivity contribution in [2.75, 3.05) is 23.4 Å². The molecule has 0 bridgehead atoms. The molecular weight excluding hydrogens is 436 g/mol. The van der Waals surface area contributed by atoms with Crippen LogP contribution in [-0.4, -0.2) is 25.0 Å². The van der Waals surface area contributed by atoms with Gasteiger partial charge in [-0.15, -0.1) is 0 Å². The van der Waals surface area contributed by atoms with Gasteiger partial charge in [0.15, 0.2) is 0 Å². The van der Waals surface area contributed by atoms with Crippen molar-refractivity contribution in [2.24, 2.45) is 11.3 Å². The van der Waals surface area contributed by atoms with Gasteiger partial charge in [0, 0.05) is 23.3 Å². The molecule has 1 aliphatic heterocycles. The number of carbonyl (C=O) groups excluding carboxylic acids is 2. The molecule has 1 saturated carbocycles. The molecule has 2 amide bonds. The SMILES string of the molecule is CC(C)CN1C(=O)C(C)(C)COc2cc(NC(=O)C3(c4ccc(Cl)cc4)CCCC3)ccc21. The third-order valence-corrected chi connectivity index (χ3v) is 7.01. The lowest BCUT2D eigenvalue weighted by atomic mass is 9.78. The summed E-state index contributed by atoms with van der Waals surface area (Å²) < 4.78 is 6.09. The summed E-state index contributed by atoms with van der Waals surface area (Å²) in [5.74, 6) is 0.988. The van der Waals surface area contributed by atoms with Gasteiger partial charge in [0.25, 0.3) is 0 Å². The maximum atomic E-state index is 13.6. The van der Waals surface area contributed by atoms with E-state index in [1.807, 2.05) is 61.2 Å². The summed E-state index contributed by atoms with van der Waals surface area (Å²) in [6.07, 6.45) is 3.66. The zero-order valence-corrected chi connectivity index (χ0v) is 20.7. The van der Waals surface area contributed by atoms with Crippen molar-refractivity contribution in [1.82, 2.24) is 0 Å². The molecule has 4 rings (SSSR count). The first-order valence-electron chi connectivity index (χ1n) is 11.8. The van der Waals surface area contributed by atoms with Crippen molar-refractivity contribution in [3.05, 3.63) is 53.1 Å². The van der Waals surface area contributed by atoms with Crippen LogP contribution in [0.3, 0.4) is 0 Å². The van der Waals surface area contributed by atoms with Gasteiger partial charge in [-0.05, 0) is 62.4 Å². The van der Waals surface area contributed by atoms with Crippen LogP contribution in [-0.2, 0) is 15.0 Å². The second kappa shape index (κ2) is 9.02. The number of amides is 2. The van der Waals surface area contributed by atoms with Gasteiger partial charge in [-0.3, -0.25) is 9.59 Å². The Bertz CT molecular complexity index is 1040. The van der Waals surface area contributed by atoms with Crippen molar-refractivity contribution in [1.29, 1.82) is 0 Å². The highest BCUT2D eigenvalue weighted by atomic mass is 35.5. The average molecular weight is 469 g/mol. The average Bonchev–Trinajstić information content (AvgIpc) is 3.25. The van der Waals surface area contributed by atoms with E-state index in [0.717, 1.165) is 36.9 Å². The van der Waals surface area contributed by atoms with Crippen LogP contribution >= 0.6 is 11.6 Å². The summed E-state index contributed by atoms with van der Waals surface area (Å²) in [5.41, 5.74) is 1.25. The summed E-state index contributed by atoms with van der Waals surface area (Å²) in [7, 11) is 0. The van der Waals surface area contributed by atoms with E-state index in [1.54, 1.807) is 0 Å². The van der Waals surface area contributed by atoms with Crippen LogP contribution in [0.1, 0.15) is 58.9 Å². The molecule has 2 aromatic rings. The van der Waals surface area contributed by atoms with Gasteiger partial charge in [-0.2, -0.15) is 0 Å². The van der Waals surface area contributed by atoms with Gasteiger partial charge in [-0.25, -0.2) is 0 Å². The van der Waals surface area contributed by atoms with Crippen LogP contribution in [0.15, 0.2) is 42.5 Å². The Labute approximate surface area is 201 Å². The number of fused-ring (bicyclic) bond motifs is 1. The number of benzene rings is 2. The van der Waals surface area contributed by atoms with E-state index in [9.17, 15) is 9.59 Å². The van der Waals surface area contributed by atoms with Crippen molar-refractivity contribution >= 4 is 34.8 Å². The molecule has 5 nitrogen and oxygen atoms in total. The van der Waals surface area contributed by atoms with Crippen molar-refractivity contribution in [3.63, 3.8) is 0 Å². The highest BCUT2D eigenvalue weighted by Gasteiger charge is 2.43. The Morgan fingerprint density at radius 3 is 2.42 bits per heavy atom. The lowest BCUT2D eigenvalue weighted by Crippen LogP contribution is -2.43. The Kier molecular flexibility index (Phi) is 6.45. The molecule has 6 heteroatoms. The van der Waals surface area contributed by atoms with Crippen LogP contribution in [0.25, 0.3) is 0 Å². The fraction of sp³-hybridized carbons (Fsp3) is 0.481. The Morgan fingerprint density at radius 1 is 1.12 bits per heavy atom. The van der Waals surface area contributed by atoms with Crippen LogP contribution in [0.4, 0.5) is 11.4 Å². The monoisotopic (exact) mass is 468 g/mol. The van der Waals surface area contributed by atoms with Crippen LogP contribution < -0.4 is 15.0 Å². The quantitative estimate of drug-likeness (QED) is 0.568. The first kappa shape index (κ1) is 23.6. The molecule has 0 saturated heterocycles. The van der Waals surface area contributed by atoms with E-state index in [4.69, 9.17) is 16.3 Å². The van der Waals surface area contributed by atoms with E-state index >= 15 is 0 Å². The first-order chi connectivity index (χ1) is 15.6. The maximum Gasteiger partial charge on any atom is 0.236 e. The van der Waals surface area contributed by atoms with E-state index < -0.39 is 10.8 Å². The lowest BCUT2D eigenvalue weighted by Gasteiger charge is -2.30. The summed E-state index contributed by atoms with van der Waals surface area (Å²) in [6, 6.07) is 13.2. The van der Waals surface area contributed by atoms with E-state index in [-0.39, 0.29) is 11.8 Å². The molecule has 1 fully saturated rings. The third kappa shape index (κ3) is 4.61. The molecule has 0 radical (unpaired) electrons. The molecule has 33 heavy (non-hydrogen) atoms. The zero-order valence-electron chi connectivity index (χ0n) is 19.9. The number of halogens is 1. The number of hydrogen-bond donors (Lipinski definition) is 1. The van der Waals surface area contributed by atoms with Gasteiger partial charge < -0.3 is 15.0 Å². The second-order valence-corrected chi connectivity index (χ2v) is 10.9. The number of hydrogen-bond acceptors (Lipinski definition) is 3. The summed E-state index contributed by atoms with van der Waals surface area (Å²) in [4.78, 5) is 28.6. The van der Waals surface area contributed by atoms with Crippen LogP contribution in [0, 0.1) is 11.3 Å². The molecule has 1 heterocycles. The number of rotatable bonds is 5. The number of anilines is 2. The van der Waals surface area contributed by atoms with Gasteiger partial charge in [0.2, 0.25) is 11.8 Å². The molecule has 1 N–H and O–H groups in total. The minimum Gasteiger partial charge on any atom is -0.490 e. The normalized spacial score (nSPS) is 19.1. The van der Waals surface area contributed by atoms with Crippen molar-refractivity contribution < 1.29 is 14.3 Å². The molecule has 1 aliphatic carbocycles. The molecule has 2 aliphatic rings. The van der Waals surface area contributed by atoms with Crippen molar-refractivity contribution in [2.45, 2.75) is 58.8 Å². The molecule has 0 atom stereocenters. The van der Waals surface area contributed by atoms with Gasteiger partial charge in [-0.1, -0.05) is 50.4 Å². The van der Waals surface area contributed by atoms with E-state index in [2.05, 4.69) is 19.2 Å². The minimum absolute atomic E-state index is 0.00802. The topological polar surface area (TPSA) is 58.6 Å². The van der Waals surface area contributed by atoms with Gasteiger partial charge >= 0.3 is 0 Å². The van der Waals surface area contributed by atoms with Crippen LogP contribution in [0.5, 0.6) is 5.75 Å². The molecule has 0 unspecified atom stereocenters. The van der Waals surface area contributed by atoms with Gasteiger partial charge in [0.1, 0.15) is 12.4 Å². The first-order valence-corrected chi connectivity index (χ1v) is 12.2. The predicted molar refractivity (Wildman–Crippen MR) is 133 cm³/mol. The fourth-order valence-corrected chi connectivity index (χ4v) is 5.04. The lowest BCUT2D eigenvalue weighted by molar-refractivity contribution is -0.127. The Hall–Kier alpha value is -2.53. The van der Waals surface area contributed by atoms with E-state index in [0.29, 0.717) is 35.5 Å². The highest BCUT2D eigenvalue weighted by molar-refractivity contribution is 6.30. The molecule has 0 spiro atoms. The van der Waals surface area contributed by atoms with E-state index in [1.165, 1.54) is 0 Å². The third-order valence-electron chi connectivity index (χ3n) is 6.76. The Morgan fingerprint density at radius 2 is 1.79 bits per heavy atom. The zero-order chi connectivity index (χ0) is 23.8. The molecule has 2 aromatic carbocycles. The summed E-state index contributed by atoms with van der Waals surface area (Å²) >= 11 is 6.08. The second-order valence-electron chi connectivity index (χ2n) is 10.4. The number of carbonyl (C=O) groups is 2. The standard InChI is InChI=1S/C27H33ClN2O3/c1-18(2)16-30-22-12-11-21(15-23(22)33-17-26(3,4)25(30)32)29-24(31)27(13-5-6-14-27)19-7-9-20(28)10-8-19/h7-12,15,18H,5-6,13-14,16-17H2,1-4H3,(H,29,31). The summed E-state index contributed by atoms with van der Waals surface area (Å²) in [5, 5.41) is 3.81. The fourth-order valence-electron chi connectivity index (χ4n) is 4.92. The van der Waals surface area contributed by atoms with Gasteiger partial charge in [0.05, 0.1) is 16.5 Å². The summed E-state index contributed by atoms with van der Waals surface area (Å²) in [6.45, 7) is 8.92. The van der Waals surface area contributed by atoms with Crippen molar-refractivity contribution in [3.8, 4) is 5.75 Å². The molecule has 176 valence electrons.